The Kier molecular flexibility index (Phi) is 3.91. The predicted molar refractivity (Wildman–Crippen MR) is 84.6 cm³/mol. The predicted octanol–water partition coefficient (Wildman–Crippen LogP) is 1.81. The lowest BCUT2D eigenvalue weighted by Crippen LogP contribution is -2.47. The average Bonchev–Trinajstić information content (AvgIpc) is 2.55. The monoisotopic (exact) mass is 298 g/mol. The van der Waals surface area contributed by atoms with Gasteiger partial charge in [-0.2, -0.15) is 0 Å². The van der Waals surface area contributed by atoms with Crippen molar-refractivity contribution >= 4 is 17.5 Å². The lowest BCUT2D eigenvalue weighted by Gasteiger charge is -2.37. The summed E-state index contributed by atoms with van der Waals surface area (Å²) in [4.78, 5) is 24.0. The molecule has 0 bridgehead atoms. The number of anilines is 2. The Morgan fingerprint density at radius 1 is 1.09 bits per heavy atom. The SMILES string of the molecule is Cc1ncc(C(=O)O)c(N2CCN(c3ccccc3)CC2)n1. The number of rotatable bonds is 3. The Morgan fingerprint density at radius 3 is 2.36 bits per heavy atom. The van der Waals surface area contributed by atoms with Gasteiger partial charge in [0.2, 0.25) is 0 Å². The van der Waals surface area contributed by atoms with Crippen LogP contribution < -0.4 is 9.80 Å². The second kappa shape index (κ2) is 6.01. The van der Waals surface area contributed by atoms with Crippen molar-refractivity contribution in [1.82, 2.24) is 9.97 Å². The van der Waals surface area contributed by atoms with Crippen molar-refractivity contribution in [2.75, 3.05) is 36.0 Å². The summed E-state index contributed by atoms with van der Waals surface area (Å²) < 4.78 is 0. The highest BCUT2D eigenvalue weighted by molar-refractivity contribution is 5.93. The molecule has 2 aromatic rings. The molecular formula is C16H18N4O2. The quantitative estimate of drug-likeness (QED) is 0.932. The van der Waals surface area contributed by atoms with Crippen molar-refractivity contribution < 1.29 is 9.90 Å². The number of carboxylic acids is 1. The van der Waals surface area contributed by atoms with Gasteiger partial charge in [0.05, 0.1) is 0 Å². The number of para-hydroxylation sites is 1. The van der Waals surface area contributed by atoms with E-state index in [2.05, 4.69) is 27.0 Å². The number of hydrogen-bond donors (Lipinski definition) is 1. The molecule has 0 spiro atoms. The van der Waals surface area contributed by atoms with Gasteiger partial charge in [-0.05, 0) is 19.1 Å². The summed E-state index contributed by atoms with van der Waals surface area (Å²) in [6, 6.07) is 10.2. The summed E-state index contributed by atoms with van der Waals surface area (Å²) >= 11 is 0. The minimum atomic E-state index is -0.986. The lowest BCUT2D eigenvalue weighted by molar-refractivity contribution is 0.0696. The standard InChI is InChI=1S/C16H18N4O2/c1-12-17-11-14(16(21)22)15(18-12)20-9-7-19(8-10-20)13-5-3-2-4-6-13/h2-6,11H,7-10H2,1H3,(H,21,22). The van der Waals surface area contributed by atoms with Crippen LogP contribution in [-0.2, 0) is 0 Å². The van der Waals surface area contributed by atoms with Crippen LogP contribution in [0.2, 0.25) is 0 Å². The van der Waals surface area contributed by atoms with Crippen molar-refractivity contribution in [2.24, 2.45) is 0 Å². The van der Waals surface area contributed by atoms with E-state index in [0.29, 0.717) is 11.6 Å². The fourth-order valence-corrected chi connectivity index (χ4v) is 2.67. The van der Waals surface area contributed by atoms with Gasteiger partial charge in [-0.15, -0.1) is 0 Å². The number of nitrogens with zero attached hydrogens (tertiary/aromatic N) is 4. The third-order valence-electron chi connectivity index (χ3n) is 3.82. The second-order valence-corrected chi connectivity index (χ2v) is 5.27. The van der Waals surface area contributed by atoms with Crippen molar-refractivity contribution in [3.05, 3.63) is 47.9 Å². The minimum Gasteiger partial charge on any atom is -0.477 e. The highest BCUT2D eigenvalue weighted by Gasteiger charge is 2.23. The van der Waals surface area contributed by atoms with E-state index in [9.17, 15) is 9.90 Å². The highest BCUT2D eigenvalue weighted by Crippen LogP contribution is 2.21. The number of hydrogen-bond acceptors (Lipinski definition) is 5. The van der Waals surface area contributed by atoms with Crippen molar-refractivity contribution in [3.63, 3.8) is 0 Å². The van der Waals surface area contributed by atoms with Crippen molar-refractivity contribution in [1.29, 1.82) is 0 Å². The first-order valence-corrected chi connectivity index (χ1v) is 7.27. The Balaban J connectivity index is 1.77. The van der Waals surface area contributed by atoms with Gasteiger partial charge < -0.3 is 14.9 Å². The molecular weight excluding hydrogens is 280 g/mol. The van der Waals surface area contributed by atoms with Crippen LogP contribution >= 0.6 is 0 Å². The van der Waals surface area contributed by atoms with Crippen LogP contribution in [0.1, 0.15) is 16.2 Å². The Bertz CT molecular complexity index is 667. The molecule has 0 radical (unpaired) electrons. The largest absolute Gasteiger partial charge is 0.477 e. The first kappa shape index (κ1) is 14.3. The molecule has 6 heteroatoms. The Labute approximate surface area is 129 Å². The summed E-state index contributed by atoms with van der Waals surface area (Å²) in [5.41, 5.74) is 1.36. The molecule has 2 heterocycles. The zero-order valence-electron chi connectivity index (χ0n) is 12.4. The average molecular weight is 298 g/mol. The molecule has 1 fully saturated rings. The van der Waals surface area contributed by atoms with Crippen molar-refractivity contribution in [3.8, 4) is 0 Å². The topological polar surface area (TPSA) is 69.6 Å². The van der Waals surface area contributed by atoms with Gasteiger partial charge in [0, 0.05) is 38.1 Å². The van der Waals surface area contributed by atoms with E-state index in [1.165, 1.54) is 11.9 Å². The van der Waals surface area contributed by atoms with Gasteiger partial charge in [-0.1, -0.05) is 18.2 Å². The molecule has 1 aromatic carbocycles. The van der Waals surface area contributed by atoms with E-state index in [4.69, 9.17) is 0 Å². The van der Waals surface area contributed by atoms with Crippen LogP contribution in [0.5, 0.6) is 0 Å². The number of aromatic nitrogens is 2. The maximum Gasteiger partial charge on any atom is 0.341 e. The minimum absolute atomic E-state index is 0.166. The molecule has 6 nitrogen and oxygen atoms in total. The van der Waals surface area contributed by atoms with E-state index in [-0.39, 0.29) is 5.56 Å². The van der Waals surface area contributed by atoms with Crippen molar-refractivity contribution in [2.45, 2.75) is 6.92 Å². The van der Waals surface area contributed by atoms with Crippen LogP contribution in [0, 0.1) is 6.92 Å². The smallest absolute Gasteiger partial charge is 0.341 e. The maximum atomic E-state index is 11.3. The number of carboxylic acid groups (broad SMARTS) is 1. The summed E-state index contributed by atoms with van der Waals surface area (Å²) in [6.07, 6.45) is 1.39. The number of piperazine rings is 1. The summed E-state index contributed by atoms with van der Waals surface area (Å²) in [5, 5.41) is 9.30. The zero-order chi connectivity index (χ0) is 15.5. The molecule has 0 saturated carbocycles. The molecule has 1 aliphatic rings. The first-order chi connectivity index (χ1) is 10.6. The summed E-state index contributed by atoms with van der Waals surface area (Å²) in [5.74, 6) is 0.124. The molecule has 0 atom stereocenters. The molecule has 0 amide bonds. The van der Waals surface area contributed by atoms with Gasteiger partial charge >= 0.3 is 5.97 Å². The fourth-order valence-electron chi connectivity index (χ4n) is 2.67. The van der Waals surface area contributed by atoms with E-state index in [1.54, 1.807) is 6.92 Å². The van der Waals surface area contributed by atoms with Crippen LogP contribution in [0.15, 0.2) is 36.5 Å². The maximum absolute atomic E-state index is 11.3. The number of carbonyl (C=O) groups is 1. The number of aryl methyl sites for hydroxylation is 1. The van der Waals surface area contributed by atoms with Gasteiger partial charge in [-0.3, -0.25) is 0 Å². The Hall–Kier alpha value is -2.63. The third kappa shape index (κ3) is 2.86. The third-order valence-corrected chi connectivity index (χ3v) is 3.82. The molecule has 0 unspecified atom stereocenters. The van der Waals surface area contributed by atoms with E-state index in [0.717, 1.165) is 26.2 Å². The molecule has 1 N–H and O–H groups in total. The van der Waals surface area contributed by atoms with Gasteiger partial charge in [0.25, 0.3) is 0 Å². The molecule has 1 aliphatic heterocycles. The second-order valence-electron chi connectivity index (χ2n) is 5.27. The van der Waals surface area contributed by atoms with E-state index < -0.39 is 5.97 Å². The molecule has 1 saturated heterocycles. The highest BCUT2D eigenvalue weighted by atomic mass is 16.4. The summed E-state index contributed by atoms with van der Waals surface area (Å²) in [7, 11) is 0. The number of benzene rings is 1. The molecule has 114 valence electrons. The Morgan fingerprint density at radius 2 is 1.73 bits per heavy atom. The zero-order valence-corrected chi connectivity index (χ0v) is 12.4. The molecule has 1 aromatic heterocycles. The van der Waals surface area contributed by atoms with Gasteiger partial charge in [0.15, 0.2) is 0 Å². The van der Waals surface area contributed by atoms with Crippen LogP contribution in [0.25, 0.3) is 0 Å². The van der Waals surface area contributed by atoms with Gasteiger partial charge in [0.1, 0.15) is 17.2 Å². The lowest BCUT2D eigenvalue weighted by atomic mass is 10.2. The molecule has 22 heavy (non-hydrogen) atoms. The van der Waals surface area contributed by atoms with E-state index in [1.807, 2.05) is 23.1 Å². The summed E-state index contributed by atoms with van der Waals surface area (Å²) in [6.45, 7) is 4.94. The van der Waals surface area contributed by atoms with E-state index >= 15 is 0 Å². The normalized spacial score (nSPS) is 15.0. The molecule has 3 rings (SSSR count). The van der Waals surface area contributed by atoms with Gasteiger partial charge in [-0.25, -0.2) is 14.8 Å². The first-order valence-electron chi connectivity index (χ1n) is 7.27. The number of aromatic carboxylic acids is 1. The van der Waals surface area contributed by atoms with Crippen LogP contribution in [0.4, 0.5) is 11.5 Å². The molecule has 0 aliphatic carbocycles. The fraction of sp³-hybridized carbons (Fsp3) is 0.312. The van der Waals surface area contributed by atoms with Crippen LogP contribution in [0.3, 0.4) is 0 Å². The van der Waals surface area contributed by atoms with Crippen LogP contribution in [-0.4, -0.2) is 47.2 Å².